The monoisotopic (exact) mass is 265 g/mol. The molecule has 104 valence electrons. The summed E-state index contributed by atoms with van der Waals surface area (Å²) in [6.45, 7) is 4.03. The fourth-order valence-electron chi connectivity index (χ4n) is 1.38. The minimum absolute atomic E-state index is 0.0273. The number of benzene rings is 1. The summed E-state index contributed by atoms with van der Waals surface area (Å²) in [7, 11) is 0. The average molecular weight is 265 g/mol. The zero-order valence-corrected chi connectivity index (χ0v) is 11.2. The largest absolute Gasteiger partial charge is 0.491 e. The van der Waals surface area contributed by atoms with Gasteiger partial charge in [-0.1, -0.05) is 6.92 Å². The average Bonchev–Trinajstić information content (AvgIpc) is 2.38. The van der Waals surface area contributed by atoms with Crippen LogP contribution in [0.2, 0.25) is 0 Å². The lowest BCUT2D eigenvalue weighted by molar-refractivity contribution is -0.138. The molecule has 0 aromatic heterocycles. The van der Waals surface area contributed by atoms with E-state index in [1.54, 1.807) is 24.3 Å². The summed E-state index contributed by atoms with van der Waals surface area (Å²) in [5, 5.41) is 11.1. The number of carboxylic acids is 1. The van der Waals surface area contributed by atoms with Crippen LogP contribution < -0.4 is 10.1 Å². The van der Waals surface area contributed by atoms with Gasteiger partial charge in [-0.15, -0.1) is 0 Å². The molecule has 0 aliphatic rings. The summed E-state index contributed by atoms with van der Waals surface area (Å²) < 4.78 is 5.61. The van der Waals surface area contributed by atoms with Crippen LogP contribution in [0, 0.1) is 0 Å². The molecule has 1 atom stereocenters. The Hall–Kier alpha value is -2.04. The molecule has 0 aliphatic carbocycles. The second kappa shape index (κ2) is 7.41. The molecule has 5 heteroatoms. The maximum Gasteiger partial charge on any atom is 0.303 e. The van der Waals surface area contributed by atoms with Gasteiger partial charge in [-0.25, -0.2) is 0 Å². The van der Waals surface area contributed by atoms with Gasteiger partial charge in [0.15, 0.2) is 0 Å². The standard InChI is InChI=1S/C14H19NO4/c1-3-10(2)19-12-6-4-11(5-7-12)15-13(16)8-9-14(17)18/h4-7,10H,3,8-9H2,1-2H3,(H,15,16)(H,17,18)/t10-/m0/s1. The SMILES string of the molecule is CC[C@H](C)Oc1ccc(NC(=O)CCC(=O)O)cc1. The number of carbonyl (C=O) groups excluding carboxylic acids is 1. The molecule has 19 heavy (non-hydrogen) atoms. The van der Waals surface area contributed by atoms with Crippen LogP contribution in [-0.4, -0.2) is 23.1 Å². The molecule has 1 rings (SSSR count). The number of ether oxygens (including phenoxy) is 1. The first kappa shape index (κ1) is 15.0. The lowest BCUT2D eigenvalue weighted by atomic mass is 10.2. The number of hydrogen-bond donors (Lipinski definition) is 2. The van der Waals surface area contributed by atoms with Crippen LogP contribution >= 0.6 is 0 Å². The number of aliphatic carboxylic acids is 1. The normalized spacial score (nSPS) is 11.7. The molecular weight excluding hydrogens is 246 g/mol. The molecule has 0 bridgehead atoms. The quantitative estimate of drug-likeness (QED) is 0.794. The van der Waals surface area contributed by atoms with E-state index in [9.17, 15) is 9.59 Å². The van der Waals surface area contributed by atoms with Gasteiger partial charge in [-0.2, -0.15) is 0 Å². The van der Waals surface area contributed by atoms with Crippen molar-refractivity contribution < 1.29 is 19.4 Å². The zero-order valence-electron chi connectivity index (χ0n) is 11.2. The molecule has 0 spiro atoms. The fraction of sp³-hybridized carbons (Fsp3) is 0.429. The summed E-state index contributed by atoms with van der Waals surface area (Å²) in [5.74, 6) is -0.539. The van der Waals surface area contributed by atoms with Gasteiger partial charge in [0, 0.05) is 12.1 Å². The highest BCUT2D eigenvalue weighted by molar-refractivity contribution is 5.92. The van der Waals surface area contributed by atoms with E-state index in [2.05, 4.69) is 5.32 Å². The molecule has 1 aromatic rings. The number of carboxylic acid groups (broad SMARTS) is 1. The maximum atomic E-state index is 11.4. The summed E-state index contributed by atoms with van der Waals surface area (Å²) in [6, 6.07) is 7.02. The van der Waals surface area contributed by atoms with Crippen LogP contribution in [0.25, 0.3) is 0 Å². The molecule has 0 radical (unpaired) electrons. The second-order valence-corrected chi connectivity index (χ2v) is 4.30. The zero-order chi connectivity index (χ0) is 14.3. The van der Waals surface area contributed by atoms with Crippen molar-refractivity contribution in [1.82, 2.24) is 0 Å². The molecule has 1 aromatic carbocycles. The molecule has 0 fully saturated rings. The van der Waals surface area contributed by atoms with Crippen molar-refractivity contribution in [3.63, 3.8) is 0 Å². The van der Waals surface area contributed by atoms with Crippen molar-refractivity contribution in [3.05, 3.63) is 24.3 Å². The fourth-order valence-corrected chi connectivity index (χ4v) is 1.38. The third kappa shape index (κ3) is 5.90. The Morgan fingerprint density at radius 1 is 1.26 bits per heavy atom. The van der Waals surface area contributed by atoms with Crippen LogP contribution in [0.5, 0.6) is 5.75 Å². The Bertz CT molecular complexity index is 428. The number of amides is 1. The van der Waals surface area contributed by atoms with E-state index in [1.165, 1.54) is 0 Å². The lowest BCUT2D eigenvalue weighted by Crippen LogP contribution is -2.13. The van der Waals surface area contributed by atoms with Gasteiger partial charge in [-0.05, 0) is 37.6 Å². The number of hydrogen-bond acceptors (Lipinski definition) is 3. The molecule has 0 saturated carbocycles. The van der Waals surface area contributed by atoms with Crippen molar-refractivity contribution in [2.75, 3.05) is 5.32 Å². The Morgan fingerprint density at radius 3 is 2.42 bits per heavy atom. The number of rotatable bonds is 7. The predicted octanol–water partition coefficient (Wildman–Crippen LogP) is 2.67. The highest BCUT2D eigenvalue weighted by Gasteiger charge is 2.06. The van der Waals surface area contributed by atoms with Gasteiger partial charge in [0.1, 0.15) is 5.75 Å². The summed E-state index contributed by atoms with van der Waals surface area (Å²) in [6.07, 6.45) is 0.880. The van der Waals surface area contributed by atoms with Crippen LogP contribution in [0.3, 0.4) is 0 Å². The maximum absolute atomic E-state index is 11.4. The van der Waals surface area contributed by atoms with E-state index in [0.29, 0.717) is 5.69 Å². The van der Waals surface area contributed by atoms with E-state index in [0.717, 1.165) is 12.2 Å². The van der Waals surface area contributed by atoms with E-state index >= 15 is 0 Å². The van der Waals surface area contributed by atoms with Crippen molar-refractivity contribution in [2.45, 2.75) is 39.2 Å². The third-order valence-corrected chi connectivity index (χ3v) is 2.62. The summed E-state index contributed by atoms with van der Waals surface area (Å²) in [5.41, 5.74) is 0.631. The minimum Gasteiger partial charge on any atom is -0.491 e. The van der Waals surface area contributed by atoms with Crippen molar-refractivity contribution in [2.24, 2.45) is 0 Å². The van der Waals surface area contributed by atoms with E-state index < -0.39 is 5.97 Å². The van der Waals surface area contributed by atoms with E-state index in [-0.39, 0.29) is 24.9 Å². The number of nitrogens with one attached hydrogen (secondary N) is 1. The topological polar surface area (TPSA) is 75.6 Å². The van der Waals surface area contributed by atoms with Gasteiger partial charge >= 0.3 is 5.97 Å². The van der Waals surface area contributed by atoms with Gasteiger partial charge < -0.3 is 15.2 Å². The van der Waals surface area contributed by atoms with E-state index in [4.69, 9.17) is 9.84 Å². The lowest BCUT2D eigenvalue weighted by Gasteiger charge is -2.13. The first-order chi connectivity index (χ1) is 9.01. The first-order valence-corrected chi connectivity index (χ1v) is 6.29. The first-order valence-electron chi connectivity index (χ1n) is 6.29. The minimum atomic E-state index is -0.979. The van der Waals surface area contributed by atoms with Gasteiger partial charge in [-0.3, -0.25) is 9.59 Å². The number of anilines is 1. The smallest absolute Gasteiger partial charge is 0.303 e. The third-order valence-electron chi connectivity index (χ3n) is 2.62. The number of carbonyl (C=O) groups is 2. The highest BCUT2D eigenvalue weighted by Crippen LogP contribution is 2.17. The summed E-state index contributed by atoms with van der Waals surface area (Å²) >= 11 is 0. The molecular formula is C14H19NO4. The Labute approximate surface area is 112 Å². The van der Waals surface area contributed by atoms with Crippen LogP contribution in [-0.2, 0) is 9.59 Å². The molecule has 5 nitrogen and oxygen atoms in total. The van der Waals surface area contributed by atoms with Crippen LogP contribution in [0.15, 0.2) is 24.3 Å². The molecule has 0 aliphatic heterocycles. The van der Waals surface area contributed by atoms with Crippen molar-refractivity contribution >= 4 is 17.6 Å². The predicted molar refractivity (Wildman–Crippen MR) is 72.3 cm³/mol. The Balaban J connectivity index is 2.47. The Kier molecular flexibility index (Phi) is 5.85. The van der Waals surface area contributed by atoms with Crippen molar-refractivity contribution in [1.29, 1.82) is 0 Å². The molecule has 0 saturated heterocycles. The van der Waals surface area contributed by atoms with Crippen molar-refractivity contribution in [3.8, 4) is 5.75 Å². The van der Waals surface area contributed by atoms with Gasteiger partial charge in [0.2, 0.25) is 5.91 Å². The van der Waals surface area contributed by atoms with Gasteiger partial charge in [0.05, 0.1) is 12.5 Å². The molecule has 0 heterocycles. The van der Waals surface area contributed by atoms with Crippen LogP contribution in [0.4, 0.5) is 5.69 Å². The van der Waals surface area contributed by atoms with E-state index in [1.807, 2.05) is 13.8 Å². The summed E-state index contributed by atoms with van der Waals surface area (Å²) in [4.78, 5) is 21.8. The molecule has 1 amide bonds. The van der Waals surface area contributed by atoms with Crippen LogP contribution in [0.1, 0.15) is 33.1 Å². The second-order valence-electron chi connectivity index (χ2n) is 4.30. The highest BCUT2D eigenvalue weighted by atomic mass is 16.5. The Morgan fingerprint density at radius 2 is 1.89 bits per heavy atom. The molecule has 0 unspecified atom stereocenters. The van der Waals surface area contributed by atoms with Gasteiger partial charge in [0.25, 0.3) is 0 Å². The molecule has 2 N–H and O–H groups in total.